The van der Waals surface area contributed by atoms with Gasteiger partial charge in [-0.3, -0.25) is 4.79 Å². The number of benzene rings is 1. The van der Waals surface area contributed by atoms with Crippen LogP contribution in [-0.2, 0) is 4.79 Å². The molecule has 0 amide bonds. The summed E-state index contributed by atoms with van der Waals surface area (Å²) in [6.07, 6.45) is 4.03. The van der Waals surface area contributed by atoms with Crippen molar-refractivity contribution >= 4 is 27.6 Å². The predicted octanol–water partition coefficient (Wildman–Crippen LogP) is 4.08. The van der Waals surface area contributed by atoms with Gasteiger partial charge in [0.15, 0.2) is 0 Å². The van der Waals surface area contributed by atoms with Crippen molar-refractivity contribution in [3.05, 3.63) is 58.7 Å². The number of rotatable bonds is 3. The second-order valence-corrected chi connectivity index (χ2v) is 5.23. The second-order valence-electron chi connectivity index (χ2n) is 4.38. The van der Waals surface area contributed by atoms with E-state index in [1.54, 1.807) is 12.1 Å². The molecule has 1 aromatic carbocycles. The molecule has 0 spiro atoms. The lowest BCUT2D eigenvalue weighted by atomic mass is 10.1. The summed E-state index contributed by atoms with van der Waals surface area (Å²) >= 11 is 3.49. The Hall–Kier alpha value is -1.81. The van der Waals surface area contributed by atoms with Gasteiger partial charge in [0.2, 0.25) is 0 Å². The number of likely N-dealkylation sites (N-methyl/N-ethyl adjacent to an activating group) is 1. The molecule has 0 saturated heterocycles. The van der Waals surface area contributed by atoms with Crippen molar-refractivity contribution < 1.29 is 9.53 Å². The number of hydrogen-bond acceptors (Lipinski definition) is 3. The highest BCUT2D eigenvalue weighted by molar-refractivity contribution is 9.12. The van der Waals surface area contributed by atoms with E-state index in [1.165, 1.54) is 6.92 Å². The molecule has 0 aliphatic carbocycles. The first kappa shape index (κ1) is 14.6. The maximum Gasteiger partial charge on any atom is 0.308 e. The first-order valence-electron chi connectivity index (χ1n) is 6.36. The molecule has 0 atom stereocenters. The molecule has 0 aromatic heterocycles. The standard InChI is InChI=1S/C16H16BrNO2/c1-4-18-11(2)15(17)9-10-16(18)13-5-7-14(8-6-13)20-12(3)19/h5-10H,2,4H2,1,3H3. The van der Waals surface area contributed by atoms with Gasteiger partial charge in [0, 0.05) is 29.3 Å². The van der Waals surface area contributed by atoms with Gasteiger partial charge in [-0.15, -0.1) is 0 Å². The van der Waals surface area contributed by atoms with Gasteiger partial charge in [-0.25, -0.2) is 0 Å². The van der Waals surface area contributed by atoms with Crippen molar-refractivity contribution in [3.8, 4) is 5.75 Å². The minimum Gasteiger partial charge on any atom is -0.427 e. The fourth-order valence-electron chi connectivity index (χ4n) is 2.09. The minimum absolute atomic E-state index is 0.315. The zero-order valence-electron chi connectivity index (χ0n) is 11.5. The maximum absolute atomic E-state index is 10.9. The smallest absolute Gasteiger partial charge is 0.308 e. The van der Waals surface area contributed by atoms with Crippen molar-refractivity contribution in [1.29, 1.82) is 0 Å². The molecule has 1 aliphatic heterocycles. The lowest BCUT2D eigenvalue weighted by Gasteiger charge is -2.30. The van der Waals surface area contributed by atoms with Crippen LogP contribution in [0.5, 0.6) is 5.75 Å². The Morgan fingerprint density at radius 3 is 2.50 bits per heavy atom. The SMILES string of the molecule is C=C1C(Br)=CC=C(c2ccc(OC(C)=O)cc2)N1CC. The van der Waals surface area contributed by atoms with Gasteiger partial charge >= 0.3 is 5.97 Å². The number of halogens is 1. The van der Waals surface area contributed by atoms with Gasteiger partial charge in [0.05, 0.1) is 0 Å². The summed E-state index contributed by atoms with van der Waals surface area (Å²) in [6.45, 7) is 8.39. The summed E-state index contributed by atoms with van der Waals surface area (Å²) in [5.74, 6) is 0.237. The first-order valence-corrected chi connectivity index (χ1v) is 7.15. The van der Waals surface area contributed by atoms with Crippen LogP contribution in [0.25, 0.3) is 5.70 Å². The van der Waals surface area contributed by atoms with Gasteiger partial charge in [0.1, 0.15) is 5.75 Å². The average molecular weight is 334 g/mol. The molecule has 20 heavy (non-hydrogen) atoms. The Kier molecular flexibility index (Phi) is 4.45. The molecule has 4 heteroatoms. The van der Waals surface area contributed by atoms with Crippen LogP contribution in [0.1, 0.15) is 19.4 Å². The molecular weight excluding hydrogens is 318 g/mol. The van der Waals surface area contributed by atoms with E-state index in [9.17, 15) is 4.79 Å². The number of carbonyl (C=O) groups is 1. The van der Waals surface area contributed by atoms with Crippen LogP contribution in [-0.4, -0.2) is 17.4 Å². The lowest BCUT2D eigenvalue weighted by Crippen LogP contribution is -2.22. The van der Waals surface area contributed by atoms with E-state index in [0.717, 1.165) is 28.0 Å². The van der Waals surface area contributed by atoms with Crippen LogP contribution >= 0.6 is 15.9 Å². The highest BCUT2D eigenvalue weighted by Crippen LogP contribution is 2.33. The Morgan fingerprint density at radius 1 is 1.30 bits per heavy atom. The number of ether oxygens (including phenoxy) is 1. The van der Waals surface area contributed by atoms with E-state index >= 15 is 0 Å². The molecular formula is C16H16BrNO2. The van der Waals surface area contributed by atoms with Crippen LogP contribution in [0.3, 0.4) is 0 Å². The summed E-state index contributed by atoms with van der Waals surface area (Å²) in [6, 6.07) is 7.46. The van der Waals surface area contributed by atoms with Gasteiger partial charge in [-0.2, -0.15) is 0 Å². The van der Waals surface area contributed by atoms with E-state index in [4.69, 9.17) is 4.74 Å². The monoisotopic (exact) mass is 333 g/mol. The van der Waals surface area contributed by atoms with Gasteiger partial charge in [-0.05, 0) is 64.8 Å². The Labute approximate surface area is 127 Å². The fraction of sp³-hybridized carbons (Fsp3) is 0.188. The van der Waals surface area contributed by atoms with Crippen LogP contribution < -0.4 is 4.74 Å². The quantitative estimate of drug-likeness (QED) is 0.616. The number of esters is 1. The van der Waals surface area contributed by atoms with Crippen LogP contribution in [0.4, 0.5) is 0 Å². The summed E-state index contributed by atoms with van der Waals surface area (Å²) in [4.78, 5) is 13.0. The molecule has 0 unspecified atom stereocenters. The number of hydrogen-bond donors (Lipinski definition) is 0. The maximum atomic E-state index is 10.9. The Balaban J connectivity index is 2.30. The molecule has 0 radical (unpaired) electrons. The molecule has 0 N–H and O–H groups in total. The summed E-state index contributed by atoms with van der Waals surface area (Å²) < 4.78 is 6.02. The normalized spacial score (nSPS) is 14.8. The molecule has 104 valence electrons. The lowest BCUT2D eigenvalue weighted by molar-refractivity contribution is -0.131. The molecule has 1 aromatic rings. The summed E-state index contributed by atoms with van der Waals surface area (Å²) in [5, 5.41) is 0. The largest absolute Gasteiger partial charge is 0.427 e. The van der Waals surface area contributed by atoms with E-state index in [1.807, 2.05) is 24.3 Å². The topological polar surface area (TPSA) is 29.5 Å². The predicted molar refractivity (Wildman–Crippen MR) is 84.3 cm³/mol. The molecule has 0 saturated carbocycles. The van der Waals surface area contributed by atoms with E-state index in [0.29, 0.717) is 5.75 Å². The zero-order valence-corrected chi connectivity index (χ0v) is 13.1. The summed E-state index contributed by atoms with van der Waals surface area (Å²) in [7, 11) is 0. The van der Waals surface area contributed by atoms with Gasteiger partial charge in [0.25, 0.3) is 0 Å². The fourth-order valence-corrected chi connectivity index (χ4v) is 2.43. The molecule has 3 nitrogen and oxygen atoms in total. The van der Waals surface area contributed by atoms with Gasteiger partial charge in [-0.1, -0.05) is 6.58 Å². The van der Waals surface area contributed by atoms with E-state index in [-0.39, 0.29) is 5.97 Å². The van der Waals surface area contributed by atoms with Crippen molar-refractivity contribution in [2.45, 2.75) is 13.8 Å². The third-order valence-electron chi connectivity index (χ3n) is 3.01. The minimum atomic E-state index is -0.315. The highest BCUT2D eigenvalue weighted by atomic mass is 79.9. The second kappa shape index (κ2) is 6.09. The molecule has 1 aliphatic rings. The Morgan fingerprint density at radius 2 is 1.95 bits per heavy atom. The van der Waals surface area contributed by atoms with Crippen molar-refractivity contribution in [2.24, 2.45) is 0 Å². The van der Waals surface area contributed by atoms with E-state index in [2.05, 4.69) is 34.3 Å². The third-order valence-corrected chi connectivity index (χ3v) is 3.73. The van der Waals surface area contributed by atoms with Crippen LogP contribution in [0, 0.1) is 0 Å². The van der Waals surface area contributed by atoms with Crippen molar-refractivity contribution in [3.63, 3.8) is 0 Å². The summed E-state index contributed by atoms with van der Waals surface area (Å²) in [5.41, 5.74) is 3.07. The molecule has 2 rings (SSSR count). The molecule has 1 heterocycles. The van der Waals surface area contributed by atoms with Crippen molar-refractivity contribution in [1.82, 2.24) is 4.90 Å². The first-order chi connectivity index (χ1) is 9.52. The number of allylic oxidation sites excluding steroid dienone is 3. The van der Waals surface area contributed by atoms with Crippen LogP contribution in [0.15, 0.2) is 53.2 Å². The number of carbonyl (C=O) groups excluding carboxylic acids is 1. The third kappa shape index (κ3) is 3.02. The highest BCUT2D eigenvalue weighted by Gasteiger charge is 2.18. The zero-order chi connectivity index (χ0) is 14.7. The van der Waals surface area contributed by atoms with Gasteiger partial charge < -0.3 is 9.64 Å². The number of nitrogens with zero attached hydrogens (tertiary/aromatic N) is 1. The molecule has 0 bridgehead atoms. The van der Waals surface area contributed by atoms with Crippen LogP contribution in [0.2, 0.25) is 0 Å². The van der Waals surface area contributed by atoms with E-state index < -0.39 is 0 Å². The Bertz CT molecular complexity index is 599. The average Bonchev–Trinajstić information content (AvgIpc) is 2.42. The van der Waals surface area contributed by atoms with Crippen molar-refractivity contribution in [2.75, 3.05) is 6.54 Å². The molecule has 0 fully saturated rings.